The molecule has 0 fully saturated rings. The molecule has 0 heterocycles. The molecule has 0 saturated carbocycles. The molecule has 0 aliphatic rings. The fourth-order valence-corrected chi connectivity index (χ4v) is 6.10. The van der Waals surface area contributed by atoms with Gasteiger partial charge in [0, 0.05) is 28.7 Å². The van der Waals surface area contributed by atoms with Gasteiger partial charge in [0.2, 0.25) is 11.8 Å². The van der Waals surface area contributed by atoms with E-state index < -0.39 is 28.5 Å². The lowest BCUT2D eigenvalue weighted by molar-refractivity contribution is -0.140. The van der Waals surface area contributed by atoms with E-state index in [2.05, 4.69) is 5.32 Å². The van der Waals surface area contributed by atoms with Crippen molar-refractivity contribution in [1.29, 1.82) is 0 Å². The van der Waals surface area contributed by atoms with Crippen molar-refractivity contribution in [1.82, 2.24) is 10.2 Å². The molecule has 0 aromatic heterocycles. The van der Waals surface area contributed by atoms with E-state index >= 15 is 0 Å². The Morgan fingerprint density at radius 3 is 2.13 bits per heavy atom. The number of sulfonamides is 1. The zero-order valence-electron chi connectivity index (χ0n) is 21.9. The van der Waals surface area contributed by atoms with Crippen LogP contribution in [0.25, 0.3) is 0 Å². The Hall–Kier alpha value is -3.27. The van der Waals surface area contributed by atoms with E-state index in [1.165, 1.54) is 24.1 Å². The number of methoxy groups -OCH3 is 1. The van der Waals surface area contributed by atoms with Crippen molar-refractivity contribution >= 4 is 50.7 Å². The summed E-state index contributed by atoms with van der Waals surface area (Å²) >= 11 is 12.8. The molecule has 11 heteroatoms. The molecule has 1 N–H and O–H groups in total. The van der Waals surface area contributed by atoms with Gasteiger partial charge in [-0.25, -0.2) is 8.42 Å². The smallest absolute Gasteiger partial charge is 0.264 e. The highest BCUT2D eigenvalue weighted by Crippen LogP contribution is 2.33. The summed E-state index contributed by atoms with van der Waals surface area (Å²) in [6.45, 7) is 3.21. The van der Waals surface area contributed by atoms with Crippen LogP contribution in [0.2, 0.25) is 10.0 Å². The molecule has 0 aliphatic carbocycles. The first-order chi connectivity index (χ1) is 18.6. The summed E-state index contributed by atoms with van der Waals surface area (Å²) in [5, 5.41) is 3.40. The number of amides is 2. The molecule has 3 aromatic carbocycles. The van der Waals surface area contributed by atoms with Crippen LogP contribution in [-0.4, -0.2) is 51.4 Å². The van der Waals surface area contributed by atoms with Crippen molar-refractivity contribution in [3.05, 3.63) is 88.4 Å². The van der Waals surface area contributed by atoms with Crippen molar-refractivity contribution < 1.29 is 22.7 Å². The van der Waals surface area contributed by atoms with Crippen molar-refractivity contribution in [3.63, 3.8) is 0 Å². The monoisotopic (exact) mass is 591 g/mol. The molecular formula is C28H31Cl2N3O5S. The Kier molecular flexibility index (Phi) is 10.6. The molecule has 1 atom stereocenters. The number of nitrogens with zero attached hydrogens (tertiary/aromatic N) is 2. The van der Waals surface area contributed by atoms with E-state index in [-0.39, 0.29) is 35.2 Å². The molecule has 3 rings (SSSR count). The number of hydrogen-bond donors (Lipinski definition) is 1. The van der Waals surface area contributed by atoms with E-state index in [4.69, 9.17) is 27.9 Å². The lowest BCUT2D eigenvalue weighted by atomic mass is 10.1. The molecule has 39 heavy (non-hydrogen) atoms. The molecule has 2 amide bonds. The van der Waals surface area contributed by atoms with E-state index in [0.29, 0.717) is 22.2 Å². The summed E-state index contributed by atoms with van der Waals surface area (Å²) in [5.41, 5.74) is 0.630. The first-order valence-electron chi connectivity index (χ1n) is 12.4. The summed E-state index contributed by atoms with van der Waals surface area (Å²) in [5.74, 6) is -0.720. The Bertz CT molecular complexity index is 1380. The molecule has 0 saturated heterocycles. The quantitative estimate of drug-likeness (QED) is 0.314. The minimum absolute atomic E-state index is 0.000159. The van der Waals surface area contributed by atoms with Gasteiger partial charge in [0.15, 0.2) is 0 Å². The number of halogens is 2. The maximum Gasteiger partial charge on any atom is 0.264 e. The molecular weight excluding hydrogens is 561 g/mol. The predicted octanol–water partition coefficient (Wildman–Crippen LogP) is 5.14. The Morgan fingerprint density at radius 2 is 1.54 bits per heavy atom. The maximum atomic E-state index is 14.1. The van der Waals surface area contributed by atoms with E-state index in [0.717, 1.165) is 4.31 Å². The Balaban J connectivity index is 2.13. The highest BCUT2D eigenvalue weighted by molar-refractivity contribution is 7.92. The van der Waals surface area contributed by atoms with Gasteiger partial charge in [0.1, 0.15) is 18.3 Å². The topological polar surface area (TPSA) is 96.0 Å². The molecule has 0 radical (unpaired) electrons. The van der Waals surface area contributed by atoms with Crippen LogP contribution in [0.1, 0.15) is 25.8 Å². The van der Waals surface area contributed by atoms with Crippen LogP contribution in [-0.2, 0) is 26.2 Å². The van der Waals surface area contributed by atoms with Crippen LogP contribution >= 0.6 is 23.2 Å². The van der Waals surface area contributed by atoms with Gasteiger partial charge >= 0.3 is 0 Å². The van der Waals surface area contributed by atoms with Gasteiger partial charge in [-0.3, -0.25) is 13.9 Å². The highest BCUT2D eigenvalue weighted by atomic mass is 35.5. The Labute approximate surface area is 239 Å². The van der Waals surface area contributed by atoms with Gasteiger partial charge in [-0.15, -0.1) is 0 Å². The summed E-state index contributed by atoms with van der Waals surface area (Å²) in [6.07, 6.45) is 0.278. The van der Waals surface area contributed by atoms with Crippen LogP contribution < -0.4 is 14.4 Å². The number of hydrogen-bond acceptors (Lipinski definition) is 5. The molecule has 0 bridgehead atoms. The summed E-state index contributed by atoms with van der Waals surface area (Å²) in [4.78, 5) is 28.4. The first kappa shape index (κ1) is 30.3. The number of para-hydroxylation sites is 2. The van der Waals surface area contributed by atoms with Crippen molar-refractivity contribution in [2.75, 3.05) is 24.5 Å². The summed E-state index contributed by atoms with van der Waals surface area (Å²) < 4.78 is 34.2. The predicted molar refractivity (Wildman–Crippen MR) is 154 cm³/mol. The Morgan fingerprint density at radius 1 is 0.923 bits per heavy atom. The first-order valence-corrected chi connectivity index (χ1v) is 14.6. The van der Waals surface area contributed by atoms with Crippen LogP contribution in [0.15, 0.2) is 77.7 Å². The third kappa shape index (κ3) is 7.03. The van der Waals surface area contributed by atoms with Gasteiger partial charge in [-0.05, 0) is 49.7 Å². The summed E-state index contributed by atoms with van der Waals surface area (Å²) in [7, 11) is -2.80. The second-order valence-corrected chi connectivity index (χ2v) is 11.2. The molecule has 3 aromatic rings. The molecule has 8 nitrogen and oxygen atoms in total. The fraction of sp³-hybridized carbons (Fsp3) is 0.286. The van der Waals surface area contributed by atoms with Crippen molar-refractivity contribution in [2.45, 2.75) is 37.8 Å². The van der Waals surface area contributed by atoms with Crippen molar-refractivity contribution in [3.8, 4) is 5.75 Å². The SMILES string of the molecule is CCNC(=O)[C@@H](CC)N(Cc1c(Cl)cccc1Cl)C(=O)CN(c1ccccc1OC)S(=O)(=O)c1ccccc1. The van der Waals surface area contributed by atoms with Gasteiger partial charge < -0.3 is 15.0 Å². The lowest BCUT2D eigenvalue weighted by Crippen LogP contribution is -2.52. The number of anilines is 1. The average Bonchev–Trinajstić information content (AvgIpc) is 2.93. The largest absolute Gasteiger partial charge is 0.495 e. The minimum Gasteiger partial charge on any atom is -0.495 e. The number of benzene rings is 3. The van der Waals surface area contributed by atoms with Crippen LogP contribution in [0.3, 0.4) is 0 Å². The third-order valence-corrected chi connectivity index (χ3v) is 8.57. The number of carbonyl (C=O) groups excluding carboxylic acids is 2. The lowest BCUT2D eigenvalue weighted by Gasteiger charge is -2.33. The van der Waals surface area contributed by atoms with E-state index in [9.17, 15) is 18.0 Å². The van der Waals surface area contributed by atoms with Gasteiger partial charge in [-0.2, -0.15) is 0 Å². The fourth-order valence-electron chi connectivity index (χ4n) is 4.13. The van der Waals surface area contributed by atoms with Gasteiger partial charge in [-0.1, -0.05) is 66.5 Å². The van der Waals surface area contributed by atoms with Gasteiger partial charge in [0.25, 0.3) is 10.0 Å². The average molecular weight is 593 g/mol. The second-order valence-electron chi connectivity index (χ2n) is 8.54. The number of likely N-dealkylation sites (N-methyl/N-ethyl adjacent to an activating group) is 1. The number of ether oxygens (including phenoxy) is 1. The molecule has 208 valence electrons. The minimum atomic E-state index is -4.21. The molecule has 0 unspecified atom stereocenters. The van der Waals surface area contributed by atoms with Gasteiger partial charge in [0.05, 0.1) is 17.7 Å². The van der Waals surface area contributed by atoms with E-state index in [1.807, 2.05) is 0 Å². The maximum absolute atomic E-state index is 14.1. The van der Waals surface area contributed by atoms with Crippen LogP contribution in [0.4, 0.5) is 5.69 Å². The highest BCUT2D eigenvalue weighted by Gasteiger charge is 2.35. The van der Waals surface area contributed by atoms with Crippen LogP contribution in [0, 0.1) is 0 Å². The molecule has 0 spiro atoms. The molecule has 0 aliphatic heterocycles. The number of carbonyl (C=O) groups is 2. The zero-order valence-corrected chi connectivity index (χ0v) is 24.3. The van der Waals surface area contributed by atoms with Crippen molar-refractivity contribution in [2.24, 2.45) is 0 Å². The second kappa shape index (κ2) is 13.7. The summed E-state index contributed by atoms with van der Waals surface area (Å²) in [6, 6.07) is 18.4. The standard InChI is InChI=1S/C28H31Cl2N3O5S/c1-4-24(28(35)31-5-2)32(18-21-22(29)14-11-15-23(21)30)27(34)19-33(25-16-9-10-17-26(25)38-3)39(36,37)20-12-7-6-8-13-20/h6-17,24H,4-5,18-19H2,1-3H3,(H,31,35)/t24-/m1/s1. The van der Waals surface area contributed by atoms with Crippen LogP contribution in [0.5, 0.6) is 5.75 Å². The zero-order chi connectivity index (χ0) is 28.6. The number of rotatable bonds is 12. The number of nitrogens with one attached hydrogen (secondary N) is 1. The third-order valence-electron chi connectivity index (χ3n) is 6.09. The van der Waals surface area contributed by atoms with E-state index in [1.54, 1.807) is 74.5 Å². The normalized spacial score (nSPS) is 11.9.